The molecule has 1 N–H and O–H groups in total. The number of nitrogens with zero attached hydrogens (tertiary/aromatic N) is 2. The van der Waals surface area contributed by atoms with Gasteiger partial charge >= 0.3 is 5.88 Å². The molecule has 0 aliphatic carbocycles. The summed E-state index contributed by atoms with van der Waals surface area (Å²) in [5.74, 6) is -0.981. The average Bonchev–Trinajstić information content (AvgIpc) is 2.62. The van der Waals surface area contributed by atoms with Gasteiger partial charge in [0.1, 0.15) is 4.92 Å². The van der Waals surface area contributed by atoms with Gasteiger partial charge in [0.2, 0.25) is 0 Å². The van der Waals surface area contributed by atoms with Gasteiger partial charge in [0.15, 0.2) is 5.76 Å². The van der Waals surface area contributed by atoms with Crippen LogP contribution in [0.3, 0.4) is 0 Å². The van der Waals surface area contributed by atoms with Crippen molar-refractivity contribution in [3.63, 3.8) is 0 Å². The highest BCUT2D eigenvalue weighted by Crippen LogP contribution is 2.15. The van der Waals surface area contributed by atoms with Gasteiger partial charge in [-0.05, 0) is 20.2 Å². The van der Waals surface area contributed by atoms with E-state index in [1.165, 1.54) is 6.07 Å². The van der Waals surface area contributed by atoms with Crippen molar-refractivity contribution in [2.75, 3.05) is 20.8 Å². The van der Waals surface area contributed by atoms with Crippen molar-refractivity contribution in [1.82, 2.24) is 10.2 Å². The number of furan rings is 1. The molecule has 7 nitrogen and oxygen atoms in total. The molecule has 0 spiro atoms. The Kier molecular flexibility index (Phi) is 3.40. The van der Waals surface area contributed by atoms with E-state index >= 15 is 0 Å². The summed E-state index contributed by atoms with van der Waals surface area (Å²) in [6.45, 7) is 0.341. The largest absolute Gasteiger partial charge is 0.433 e. The second-order valence-corrected chi connectivity index (χ2v) is 3.14. The Hall–Kier alpha value is -1.89. The number of carbonyl (C=O) groups excluding carboxylic acids is 1. The summed E-state index contributed by atoms with van der Waals surface area (Å²) in [4.78, 5) is 22.7. The summed E-state index contributed by atoms with van der Waals surface area (Å²) in [6.07, 6.45) is 0. The molecule has 0 saturated heterocycles. The highest BCUT2D eigenvalue weighted by molar-refractivity contribution is 5.91. The third-order valence-electron chi connectivity index (χ3n) is 1.55. The molecule has 82 valence electrons. The van der Waals surface area contributed by atoms with Crippen LogP contribution in [0.4, 0.5) is 5.88 Å². The fourth-order valence-electron chi connectivity index (χ4n) is 0.865. The standard InChI is InChI=1S/C8H11N3O4/c1-10(2)5-9-8(12)6-3-4-7(15-6)11(13)14/h3-4H,5H2,1-2H3,(H,9,12). The zero-order valence-corrected chi connectivity index (χ0v) is 8.39. The molecule has 0 radical (unpaired) electrons. The van der Waals surface area contributed by atoms with Crippen LogP contribution in [0.5, 0.6) is 0 Å². The molecule has 0 fully saturated rings. The zero-order chi connectivity index (χ0) is 11.4. The van der Waals surface area contributed by atoms with Crippen LogP contribution in [0.2, 0.25) is 0 Å². The number of nitro groups is 1. The fraction of sp³-hybridized carbons (Fsp3) is 0.375. The summed E-state index contributed by atoms with van der Waals surface area (Å²) >= 11 is 0. The third-order valence-corrected chi connectivity index (χ3v) is 1.55. The first-order chi connectivity index (χ1) is 7.00. The molecular formula is C8H11N3O4. The maximum Gasteiger partial charge on any atom is 0.433 e. The van der Waals surface area contributed by atoms with Crippen molar-refractivity contribution in [3.05, 3.63) is 28.0 Å². The van der Waals surface area contributed by atoms with Crippen molar-refractivity contribution in [3.8, 4) is 0 Å². The molecule has 0 saturated carbocycles. The number of rotatable bonds is 4. The monoisotopic (exact) mass is 213 g/mol. The summed E-state index contributed by atoms with van der Waals surface area (Å²) in [5.41, 5.74) is 0. The van der Waals surface area contributed by atoms with E-state index in [0.717, 1.165) is 6.07 Å². The van der Waals surface area contributed by atoms with E-state index < -0.39 is 16.7 Å². The van der Waals surface area contributed by atoms with Gasteiger partial charge in [0.25, 0.3) is 5.91 Å². The van der Waals surface area contributed by atoms with E-state index in [9.17, 15) is 14.9 Å². The van der Waals surface area contributed by atoms with Crippen LogP contribution in [0, 0.1) is 10.1 Å². The minimum atomic E-state index is -0.692. The zero-order valence-electron chi connectivity index (χ0n) is 8.39. The highest BCUT2D eigenvalue weighted by atomic mass is 16.6. The Morgan fingerprint density at radius 3 is 2.73 bits per heavy atom. The maximum absolute atomic E-state index is 11.3. The molecule has 0 aliphatic rings. The number of carbonyl (C=O) groups is 1. The molecule has 15 heavy (non-hydrogen) atoms. The molecule has 0 atom stereocenters. The van der Waals surface area contributed by atoms with Gasteiger partial charge in [-0.3, -0.25) is 19.8 Å². The van der Waals surface area contributed by atoms with Crippen molar-refractivity contribution < 1.29 is 14.1 Å². The van der Waals surface area contributed by atoms with E-state index in [0.29, 0.717) is 6.67 Å². The van der Waals surface area contributed by atoms with E-state index in [1.807, 2.05) is 0 Å². The lowest BCUT2D eigenvalue weighted by Gasteiger charge is -2.09. The maximum atomic E-state index is 11.3. The second-order valence-electron chi connectivity index (χ2n) is 3.14. The van der Waals surface area contributed by atoms with Gasteiger partial charge in [-0.2, -0.15) is 0 Å². The van der Waals surface area contributed by atoms with Crippen LogP contribution in [-0.2, 0) is 0 Å². The van der Waals surface area contributed by atoms with Gasteiger partial charge in [0, 0.05) is 0 Å². The lowest BCUT2D eigenvalue weighted by atomic mass is 10.4. The number of nitrogens with one attached hydrogen (secondary N) is 1. The average molecular weight is 213 g/mol. The Bertz CT molecular complexity index is 372. The van der Waals surface area contributed by atoms with E-state index in [4.69, 9.17) is 4.42 Å². The predicted molar refractivity (Wildman–Crippen MR) is 51.4 cm³/mol. The van der Waals surface area contributed by atoms with E-state index in [2.05, 4.69) is 5.32 Å². The Morgan fingerprint density at radius 1 is 1.60 bits per heavy atom. The first-order valence-corrected chi connectivity index (χ1v) is 4.18. The Balaban J connectivity index is 2.62. The summed E-state index contributed by atoms with van der Waals surface area (Å²) in [5, 5.41) is 12.8. The highest BCUT2D eigenvalue weighted by Gasteiger charge is 2.16. The first-order valence-electron chi connectivity index (χ1n) is 4.18. The topological polar surface area (TPSA) is 88.6 Å². The van der Waals surface area contributed by atoms with E-state index in [1.54, 1.807) is 19.0 Å². The van der Waals surface area contributed by atoms with E-state index in [-0.39, 0.29) is 5.76 Å². The molecule has 7 heteroatoms. The van der Waals surface area contributed by atoms with Crippen molar-refractivity contribution in [1.29, 1.82) is 0 Å². The van der Waals surface area contributed by atoms with Crippen molar-refractivity contribution >= 4 is 11.8 Å². The second kappa shape index (κ2) is 4.56. The summed E-state index contributed by atoms with van der Waals surface area (Å²) in [7, 11) is 3.57. The third kappa shape index (κ3) is 3.06. The molecule has 1 amide bonds. The van der Waals surface area contributed by atoms with Gasteiger partial charge in [0.05, 0.1) is 12.7 Å². The van der Waals surface area contributed by atoms with Gasteiger partial charge in [-0.25, -0.2) is 0 Å². The Labute approximate surface area is 85.8 Å². The molecule has 0 aromatic carbocycles. The normalized spacial score (nSPS) is 10.3. The molecule has 0 bridgehead atoms. The molecule has 1 heterocycles. The summed E-state index contributed by atoms with van der Waals surface area (Å²) in [6, 6.07) is 2.41. The van der Waals surface area contributed by atoms with Crippen LogP contribution in [0.25, 0.3) is 0 Å². The smallest absolute Gasteiger partial charge is 0.395 e. The SMILES string of the molecule is CN(C)CNC(=O)c1ccc([N+](=O)[O-])o1. The molecule has 0 unspecified atom stereocenters. The van der Waals surface area contributed by atoms with Gasteiger partial charge < -0.3 is 9.73 Å². The number of hydrogen-bond acceptors (Lipinski definition) is 5. The van der Waals surface area contributed by atoms with Crippen LogP contribution >= 0.6 is 0 Å². The molecule has 1 rings (SSSR count). The van der Waals surface area contributed by atoms with Crippen LogP contribution in [-0.4, -0.2) is 36.5 Å². The number of amides is 1. The molecule has 0 aliphatic heterocycles. The van der Waals surface area contributed by atoms with Crippen LogP contribution in [0.15, 0.2) is 16.5 Å². The quantitative estimate of drug-likeness (QED) is 0.445. The van der Waals surface area contributed by atoms with Crippen molar-refractivity contribution in [2.24, 2.45) is 0 Å². The number of hydrogen-bond donors (Lipinski definition) is 1. The van der Waals surface area contributed by atoms with Crippen LogP contribution < -0.4 is 5.32 Å². The molecular weight excluding hydrogens is 202 g/mol. The first kappa shape index (κ1) is 11.2. The lowest BCUT2D eigenvalue weighted by Crippen LogP contribution is -2.32. The molecule has 1 aromatic heterocycles. The minimum absolute atomic E-state index is 0.0662. The summed E-state index contributed by atoms with van der Waals surface area (Å²) < 4.78 is 4.71. The van der Waals surface area contributed by atoms with Crippen LogP contribution in [0.1, 0.15) is 10.6 Å². The predicted octanol–water partition coefficient (Wildman–Crippen LogP) is 0.437. The molecule has 1 aromatic rings. The van der Waals surface area contributed by atoms with Crippen molar-refractivity contribution in [2.45, 2.75) is 0 Å². The minimum Gasteiger partial charge on any atom is -0.395 e. The lowest BCUT2D eigenvalue weighted by molar-refractivity contribution is -0.402. The fourth-order valence-corrected chi connectivity index (χ4v) is 0.865. The Morgan fingerprint density at radius 2 is 2.27 bits per heavy atom. The van der Waals surface area contributed by atoms with Gasteiger partial charge in [-0.15, -0.1) is 0 Å². The van der Waals surface area contributed by atoms with Gasteiger partial charge in [-0.1, -0.05) is 0 Å².